The number of aromatic nitrogens is 2. The number of rotatable bonds is 5. The van der Waals surface area contributed by atoms with Crippen molar-refractivity contribution in [3.63, 3.8) is 0 Å². The second kappa shape index (κ2) is 9.20. The third-order valence-electron chi connectivity index (χ3n) is 5.86. The average molecular weight is 419 g/mol. The summed E-state index contributed by atoms with van der Waals surface area (Å²) in [5, 5.41) is 5.71. The van der Waals surface area contributed by atoms with Gasteiger partial charge in [0.15, 0.2) is 11.8 Å². The van der Waals surface area contributed by atoms with Crippen molar-refractivity contribution in [2.45, 2.75) is 38.6 Å². The van der Waals surface area contributed by atoms with Crippen molar-refractivity contribution in [3.05, 3.63) is 53.1 Å². The minimum atomic E-state index is -0.165. The van der Waals surface area contributed by atoms with E-state index in [0.29, 0.717) is 35.3 Å². The van der Waals surface area contributed by atoms with Crippen LogP contribution in [0.15, 0.2) is 41.3 Å². The molecule has 8 nitrogen and oxygen atoms in total. The van der Waals surface area contributed by atoms with Crippen LogP contribution in [0.3, 0.4) is 0 Å². The molecule has 1 amide bonds. The summed E-state index contributed by atoms with van der Waals surface area (Å²) in [4.78, 5) is 38.5. The van der Waals surface area contributed by atoms with Crippen molar-refractivity contribution in [2.24, 2.45) is 4.99 Å². The number of hydrogen-bond donors (Lipinski definition) is 2. The predicted octanol–water partition coefficient (Wildman–Crippen LogP) is 2.84. The lowest BCUT2D eigenvalue weighted by atomic mass is 9.90. The third kappa shape index (κ3) is 4.55. The summed E-state index contributed by atoms with van der Waals surface area (Å²) in [5.41, 5.74) is 4.55. The Labute approximate surface area is 181 Å². The number of carbonyl (C=O) groups is 1. The molecular formula is C23H26N6O2. The Hall–Kier alpha value is -3.35. The Morgan fingerprint density at radius 2 is 2.06 bits per heavy atom. The monoisotopic (exact) mass is 418 g/mol. The van der Waals surface area contributed by atoms with Crippen molar-refractivity contribution >= 4 is 29.1 Å². The lowest BCUT2D eigenvalue weighted by Gasteiger charge is -2.32. The number of carbonyl (C=O) groups excluding carboxylic acids is 2. The minimum absolute atomic E-state index is 0.165. The van der Waals surface area contributed by atoms with Crippen molar-refractivity contribution in [2.75, 3.05) is 25.5 Å². The van der Waals surface area contributed by atoms with Gasteiger partial charge in [-0.25, -0.2) is 14.8 Å². The summed E-state index contributed by atoms with van der Waals surface area (Å²) in [5.74, 6) is 2.84. The number of allylic oxidation sites excluding steroid dienone is 1. The Kier molecular flexibility index (Phi) is 6.21. The van der Waals surface area contributed by atoms with Crippen LogP contribution in [0.5, 0.6) is 0 Å². The van der Waals surface area contributed by atoms with Crippen LogP contribution in [0.2, 0.25) is 0 Å². The summed E-state index contributed by atoms with van der Waals surface area (Å²) < 4.78 is 0. The summed E-state index contributed by atoms with van der Waals surface area (Å²) in [6.45, 7) is 4.70. The SMILES string of the molecule is CCC1=Nc2ncc(CN3CCC(c4ccc(C(=O)NC)nc4)CC3)cc2NC1=C=O. The van der Waals surface area contributed by atoms with Crippen LogP contribution in [0.4, 0.5) is 11.5 Å². The van der Waals surface area contributed by atoms with Gasteiger partial charge in [-0.15, -0.1) is 0 Å². The van der Waals surface area contributed by atoms with Crippen molar-refractivity contribution in [1.82, 2.24) is 20.2 Å². The van der Waals surface area contributed by atoms with E-state index in [0.717, 1.165) is 43.7 Å². The van der Waals surface area contributed by atoms with Crippen molar-refractivity contribution < 1.29 is 9.59 Å². The highest BCUT2D eigenvalue weighted by molar-refractivity contribution is 6.11. The molecule has 0 aromatic carbocycles. The molecule has 0 radical (unpaired) electrons. The first-order valence-corrected chi connectivity index (χ1v) is 10.6. The Balaban J connectivity index is 1.37. The van der Waals surface area contributed by atoms with E-state index in [-0.39, 0.29) is 5.91 Å². The molecule has 0 spiro atoms. The van der Waals surface area contributed by atoms with E-state index in [1.54, 1.807) is 13.1 Å². The predicted molar refractivity (Wildman–Crippen MR) is 119 cm³/mol. The fourth-order valence-corrected chi connectivity index (χ4v) is 4.09. The molecule has 0 saturated carbocycles. The molecule has 1 fully saturated rings. The molecule has 2 aliphatic rings. The minimum Gasteiger partial charge on any atom is -0.354 e. The highest BCUT2D eigenvalue weighted by Gasteiger charge is 2.22. The van der Waals surface area contributed by atoms with Crippen LogP contribution in [0.1, 0.15) is 53.7 Å². The zero-order valence-electron chi connectivity index (χ0n) is 17.8. The highest BCUT2D eigenvalue weighted by atomic mass is 16.1. The lowest BCUT2D eigenvalue weighted by Crippen LogP contribution is -2.32. The Morgan fingerprint density at radius 3 is 2.71 bits per heavy atom. The van der Waals surface area contributed by atoms with E-state index >= 15 is 0 Å². The number of fused-ring (bicyclic) bond motifs is 1. The van der Waals surface area contributed by atoms with Crippen LogP contribution in [-0.2, 0) is 11.3 Å². The number of amides is 1. The number of nitrogens with one attached hydrogen (secondary N) is 2. The summed E-state index contributed by atoms with van der Waals surface area (Å²) in [7, 11) is 1.61. The van der Waals surface area contributed by atoms with E-state index in [1.807, 2.05) is 37.4 Å². The third-order valence-corrected chi connectivity index (χ3v) is 5.86. The second-order valence-corrected chi connectivity index (χ2v) is 7.84. The molecule has 8 heteroatoms. The van der Waals surface area contributed by atoms with Gasteiger partial charge in [-0.2, -0.15) is 0 Å². The molecule has 31 heavy (non-hydrogen) atoms. The zero-order chi connectivity index (χ0) is 21.8. The first-order valence-electron chi connectivity index (χ1n) is 10.6. The van der Waals surface area contributed by atoms with Gasteiger partial charge < -0.3 is 10.6 Å². The van der Waals surface area contributed by atoms with Crippen molar-refractivity contribution in [3.8, 4) is 0 Å². The van der Waals surface area contributed by atoms with Gasteiger partial charge in [0.1, 0.15) is 11.4 Å². The van der Waals surface area contributed by atoms with Crippen LogP contribution >= 0.6 is 0 Å². The molecule has 2 aliphatic heterocycles. The lowest BCUT2D eigenvalue weighted by molar-refractivity contribution is 0.0958. The molecule has 1 saturated heterocycles. The average Bonchev–Trinajstić information content (AvgIpc) is 2.83. The second-order valence-electron chi connectivity index (χ2n) is 7.84. The number of nitrogens with zero attached hydrogens (tertiary/aromatic N) is 4. The van der Waals surface area contributed by atoms with E-state index in [9.17, 15) is 9.59 Å². The van der Waals surface area contributed by atoms with Crippen LogP contribution in [0.25, 0.3) is 0 Å². The fourth-order valence-electron chi connectivity index (χ4n) is 4.09. The Morgan fingerprint density at radius 1 is 1.26 bits per heavy atom. The topological polar surface area (TPSA) is 99.6 Å². The molecule has 2 aromatic rings. The molecule has 2 N–H and O–H groups in total. The van der Waals surface area contributed by atoms with Crippen LogP contribution in [-0.4, -0.2) is 52.6 Å². The van der Waals surface area contributed by atoms with E-state index in [1.165, 1.54) is 5.56 Å². The first-order chi connectivity index (χ1) is 15.1. The molecular weight excluding hydrogens is 392 g/mol. The number of piperidine rings is 1. The quantitative estimate of drug-likeness (QED) is 0.725. The molecule has 2 aromatic heterocycles. The maximum atomic E-state index is 11.7. The van der Waals surface area contributed by atoms with Gasteiger partial charge in [-0.3, -0.25) is 14.7 Å². The van der Waals surface area contributed by atoms with Crippen molar-refractivity contribution in [1.29, 1.82) is 0 Å². The van der Waals surface area contributed by atoms with Gasteiger partial charge in [0.25, 0.3) is 5.91 Å². The van der Waals surface area contributed by atoms with E-state index in [4.69, 9.17) is 0 Å². The maximum Gasteiger partial charge on any atom is 0.269 e. The largest absolute Gasteiger partial charge is 0.354 e. The molecule has 0 atom stereocenters. The summed E-state index contributed by atoms with van der Waals surface area (Å²) in [6.07, 6.45) is 6.42. The zero-order valence-corrected chi connectivity index (χ0v) is 17.8. The summed E-state index contributed by atoms with van der Waals surface area (Å²) >= 11 is 0. The molecule has 4 rings (SSSR count). The molecule has 4 heterocycles. The molecule has 160 valence electrons. The number of hydrogen-bond acceptors (Lipinski definition) is 7. The van der Waals surface area contributed by atoms with Gasteiger partial charge in [0.2, 0.25) is 0 Å². The van der Waals surface area contributed by atoms with Gasteiger partial charge in [-0.1, -0.05) is 13.0 Å². The maximum absolute atomic E-state index is 11.7. The van der Waals surface area contributed by atoms with Gasteiger partial charge in [0.05, 0.1) is 11.4 Å². The van der Waals surface area contributed by atoms with E-state index in [2.05, 4.69) is 30.5 Å². The van der Waals surface area contributed by atoms with Crippen LogP contribution < -0.4 is 10.6 Å². The van der Waals surface area contributed by atoms with Gasteiger partial charge in [0, 0.05) is 26.0 Å². The fraction of sp³-hybridized carbons (Fsp3) is 0.391. The molecule has 0 bridgehead atoms. The number of anilines is 1. The molecule has 0 aliphatic carbocycles. The number of likely N-dealkylation sites (tertiary alicyclic amines) is 1. The first kappa shape index (κ1) is 20.9. The normalized spacial score (nSPS) is 16.7. The standard InChI is InChI=1S/C23H26N6O2/c1-3-18-21(14-30)27-20-10-15(11-26-22(20)28-18)13-29-8-6-16(7-9-29)17-4-5-19(25-12-17)23(31)24-2/h4-5,10-12,16,27H,3,6-9,13H2,1-2H3,(H,24,31). The Bertz CT molecular complexity index is 1050. The van der Waals surface area contributed by atoms with Crippen LogP contribution in [0, 0.1) is 0 Å². The molecule has 0 unspecified atom stereocenters. The smallest absolute Gasteiger partial charge is 0.269 e. The number of pyridine rings is 2. The van der Waals surface area contributed by atoms with Gasteiger partial charge >= 0.3 is 0 Å². The van der Waals surface area contributed by atoms with E-state index < -0.39 is 0 Å². The van der Waals surface area contributed by atoms with Gasteiger partial charge in [-0.05, 0) is 61.5 Å². The number of aliphatic imine (C=N–C) groups is 1. The highest BCUT2D eigenvalue weighted by Crippen LogP contribution is 2.31. The summed E-state index contributed by atoms with van der Waals surface area (Å²) in [6, 6.07) is 5.82.